The van der Waals surface area contributed by atoms with Crippen molar-refractivity contribution in [3.63, 3.8) is 0 Å². The number of nitrogens with two attached hydrogens (primary N) is 1. The topological polar surface area (TPSA) is 164 Å². The molecule has 150 valence electrons. The van der Waals surface area contributed by atoms with Gasteiger partial charge < -0.3 is 5.43 Å². The number of non-ortho nitro benzene ring substituents is 1. The average molecular weight is 396 g/mol. The Morgan fingerprint density at radius 2 is 2.21 bits per heavy atom. The number of anilines is 1. The zero-order valence-electron chi connectivity index (χ0n) is 15.6. The predicted molar refractivity (Wildman–Crippen MR) is 107 cm³/mol. The maximum absolute atomic E-state index is 12.3. The second-order valence-electron chi connectivity index (χ2n) is 7.00. The van der Waals surface area contributed by atoms with Crippen molar-refractivity contribution in [2.45, 2.75) is 19.4 Å². The molecule has 6 N–H and O–H groups in total. The van der Waals surface area contributed by atoms with Crippen LogP contribution >= 0.6 is 0 Å². The quantitative estimate of drug-likeness (QED) is 0.239. The van der Waals surface area contributed by atoms with E-state index in [0.29, 0.717) is 40.9 Å². The summed E-state index contributed by atoms with van der Waals surface area (Å²) < 4.78 is 0. The van der Waals surface area contributed by atoms with Crippen LogP contribution in [0.15, 0.2) is 35.1 Å². The maximum atomic E-state index is 12.3. The van der Waals surface area contributed by atoms with E-state index in [1.165, 1.54) is 6.07 Å². The van der Waals surface area contributed by atoms with Crippen LogP contribution in [0.3, 0.4) is 0 Å². The third kappa shape index (κ3) is 3.53. The first-order valence-electron chi connectivity index (χ1n) is 9.06. The molecule has 1 saturated heterocycles. The van der Waals surface area contributed by atoms with E-state index < -0.39 is 4.92 Å². The smallest absolute Gasteiger partial charge is 0.275 e. The highest BCUT2D eigenvalue weighted by molar-refractivity contribution is 5.92. The summed E-state index contributed by atoms with van der Waals surface area (Å²) in [5.41, 5.74) is 10.7. The van der Waals surface area contributed by atoms with Crippen LogP contribution in [0.25, 0.3) is 10.8 Å². The number of hydrazine groups is 2. The Bertz CT molecular complexity index is 1150. The Hall–Kier alpha value is -3.41. The minimum Gasteiger partial charge on any atom is -0.308 e. The fraction of sp³-hybridized carbons (Fsp3) is 0.278. The number of aryl methyl sites for hydroxylation is 1. The Labute approximate surface area is 164 Å². The van der Waals surface area contributed by atoms with Crippen LogP contribution in [0.5, 0.6) is 0 Å². The summed E-state index contributed by atoms with van der Waals surface area (Å²) in [6.45, 7) is 2.46. The van der Waals surface area contributed by atoms with Crippen LogP contribution in [-0.2, 0) is 6.42 Å². The summed E-state index contributed by atoms with van der Waals surface area (Å²) in [6.07, 6.45) is 0.536. The van der Waals surface area contributed by atoms with E-state index in [-0.39, 0.29) is 23.2 Å². The number of pyridine rings is 1. The highest BCUT2D eigenvalue weighted by atomic mass is 16.6. The van der Waals surface area contributed by atoms with Crippen LogP contribution < -0.4 is 27.7 Å². The van der Waals surface area contributed by atoms with Crippen molar-refractivity contribution in [2.24, 2.45) is 11.8 Å². The van der Waals surface area contributed by atoms with Gasteiger partial charge in [-0.25, -0.2) is 21.4 Å². The molecule has 1 aromatic carbocycles. The van der Waals surface area contributed by atoms with Crippen LogP contribution in [0.1, 0.15) is 23.0 Å². The molecule has 1 aliphatic rings. The molecule has 1 aliphatic heterocycles. The first-order chi connectivity index (χ1) is 14.0. The fourth-order valence-corrected chi connectivity index (χ4v) is 3.79. The van der Waals surface area contributed by atoms with Crippen LogP contribution in [0, 0.1) is 23.0 Å². The number of rotatable bonds is 5. The minimum atomic E-state index is -0.408. The van der Waals surface area contributed by atoms with Crippen LogP contribution in [-0.4, -0.2) is 26.6 Å². The molecule has 29 heavy (non-hydrogen) atoms. The molecule has 0 aliphatic carbocycles. The molecule has 2 atom stereocenters. The molecule has 11 heteroatoms. The van der Waals surface area contributed by atoms with E-state index >= 15 is 0 Å². The number of nitrogen functional groups attached to an aromatic ring is 1. The van der Waals surface area contributed by atoms with Gasteiger partial charge in [-0.15, -0.1) is 0 Å². The summed E-state index contributed by atoms with van der Waals surface area (Å²) in [5.74, 6) is 5.89. The summed E-state index contributed by atoms with van der Waals surface area (Å²) in [7, 11) is 0. The van der Waals surface area contributed by atoms with Gasteiger partial charge in [0.05, 0.1) is 22.0 Å². The van der Waals surface area contributed by atoms with Gasteiger partial charge in [-0.1, -0.05) is 12.1 Å². The van der Waals surface area contributed by atoms with Crippen molar-refractivity contribution in [2.75, 3.05) is 12.0 Å². The average Bonchev–Trinajstić information content (AvgIpc) is 3.17. The summed E-state index contributed by atoms with van der Waals surface area (Å²) >= 11 is 0. The normalized spacial score (nSPS) is 18.8. The van der Waals surface area contributed by atoms with Gasteiger partial charge >= 0.3 is 0 Å². The second-order valence-corrected chi connectivity index (χ2v) is 7.00. The molecule has 2 aromatic heterocycles. The van der Waals surface area contributed by atoms with Gasteiger partial charge in [-0.2, -0.15) is 5.10 Å². The van der Waals surface area contributed by atoms with Gasteiger partial charge in [0, 0.05) is 29.8 Å². The van der Waals surface area contributed by atoms with Crippen molar-refractivity contribution in [1.29, 1.82) is 0 Å². The monoisotopic (exact) mass is 396 g/mol. The Morgan fingerprint density at radius 1 is 1.38 bits per heavy atom. The molecule has 4 rings (SSSR count). The Balaban J connectivity index is 1.72. The number of aromatic amines is 1. The fourth-order valence-electron chi connectivity index (χ4n) is 3.79. The first kappa shape index (κ1) is 18.9. The van der Waals surface area contributed by atoms with Crippen molar-refractivity contribution in [1.82, 2.24) is 26.0 Å². The molecule has 0 spiro atoms. The van der Waals surface area contributed by atoms with Crippen molar-refractivity contribution in [3.05, 3.63) is 67.8 Å². The number of fused-ring (bicyclic) bond motifs is 1. The molecule has 3 heterocycles. The van der Waals surface area contributed by atoms with Gasteiger partial charge in [0.2, 0.25) is 0 Å². The summed E-state index contributed by atoms with van der Waals surface area (Å²) in [4.78, 5) is 27.3. The van der Waals surface area contributed by atoms with E-state index in [0.717, 1.165) is 5.56 Å². The Kier molecular flexibility index (Phi) is 4.92. The van der Waals surface area contributed by atoms with Gasteiger partial charge in [0.15, 0.2) is 5.82 Å². The molecule has 11 nitrogen and oxygen atoms in total. The van der Waals surface area contributed by atoms with Gasteiger partial charge in [0.25, 0.3) is 11.2 Å². The van der Waals surface area contributed by atoms with Gasteiger partial charge in [-0.3, -0.25) is 20.3 Å². The molecule has 2 unspecified atom stereocenters. The summed E-state index contributed by atoms with van der Waals surface area (Å²) in [5, 5.41) is 18.9. The molecule has 0 saturated carbocycles. The Morgan fingerprint density at radius 3 is 2.97 bits per heavy atom. The number of nitro groups is 1. The maximum Gasteiger partial charge on any atom is 0.275 e. The summed E-state index contributed by atoms with van der Waals surface area (Å²) in [6, 6.07) is 8.23. The first-order valence-corrected chi connectivity index (χ1v) is 9.06. The number of aromatic nitrogens is 3. The molecule has 3 aromatic rings. The largest absolute Gasteiger partial charge is 0.308 e. The van der Waals surface area contributed by atoms with Crippen LogP contribution in [0.2, 0.25) is 0 Å². The van der Waals surface area contributed by atoms with Crippen molar-refractivity contribution in [3.8, 4) is 0 Å². The van der Waals surface area contributed by atoms with E-state index in [2.05, 4.69) is 31.5 Å². The van der Waals surface area contributed by atoms with Crippen LogP contribution in [0.4, 0.5) is 11.5 Å². The number of nitrogens with one attached hydrogen (secondary N) is 4. The van der Waals surface area contributed by atoms with E-state index in [1.54, 1.807) is 12.1 Å². The number of hydrogen-bond donors (Lipinski definition) is 5. The number of benzene rings is 1. The minimum absolute atomic E-state index is 0.0444. The predicted octanol–water partition coefficient (Wildman–Crippen LogP) is 0.828. The second kappa shape index (κ2) is 7.54. The molecule has 0 radical (unpaired) electrons. The lowest BCUT2D eigenvalue weighted by Crippen LogP contribution is -2.25. The number of hydrogen-bond acceptors (Lipinski definition) is 9. The van der Waals surface area contributed by atoms with Gasteiger partial charge in [-0.05, 0) is 30.9 Å². The molecule has 1 fully saturated rings. The number of nitrogens with zero attached hydrogens (tertiary/aromatic N) is 3. The highest BCUT2D eigenvalue weighted by Crippen LogP contribution is 2.31. The molecule has 0 bridgehead atoms. The van der Waals surface area contributed by atoms with E-state index in [1.807, 2.05) is 19.1 Å². The lowest BCUT2D eigenvalue weighted by atomic mass is 9.90. The number of nitro benzene ring substituents is 1. The van der Waals surface area contributed by atoms with E-state index in [4.69, 9.17) is 5.84 Å². The molecular weight excluding hydrogens is 376 g/mol. The van der Waals surface area contributed by atoms with Crippen molar-refractivity contribution < 1.29 is 4.92 Å². The molecule has 0 amide bonds. The SMILES string of the molecule is Cc1cc2c(CC3CNNC3c3cccc([N+](=O)[O-])c3)n[nH]c(=O)c2c(NN)n1. The van der Waals surface area contributed by atoms with E-state index in [9.17, 15) is 14.9 Å². The highest BCUT2D eigenvalue weighted by Gasteiger charge is 2.30. The zero-order chi connectivity index (χ0) is 20.5. The zero-order valence-corrected chi connectivity index (χ0v) is 15.6. The van der Waals surface area contributed by atoms with Crippen molar-refractivity contribution >= 4 is 22.3 Å². The lowest BCUT2D eigenvalue weighted by molar-refractivity contribution is -0.384. The number of H-pyrrole nitrogens is 1. The van der Waals surface area contributed by atoms with Gasteiger partial charge in [0.1, 0.15) is 0 Å². The third-order valence-electron chi connectivity index (χ3n) is 5.10. The molecular formula is C18H20N8O3. The lowest BCUT2D eigenvalue weighted by Gasteiger charge is -2.19. The standard InChI is InChI=1S/C18H20N8O3/c1-9-5-13-14(23-25-18(27)15(13)17(21-9)22-19)7-11-8-20-24-16(11)10-3-2-4-12(6-10)26(28)29/h2-6,11,16,20,24H,7-8,19H2,1H3,(H,21,22)(H,25,27). The third-order valence-corrected chi connectivity index (χ3v) is 5.10.